The van der Waals surface area contributed by atoms with E-state index in [0.29, 0.717) is 0 Å². The van der Waals surface area contributed by atoms with E-state index in [1.807, 2.05) is 0 Å². The summed E-state index contributed by atoms with van der Waals surface area (Å²) in [6.07, 6.45) is 0. The van der Waals surface area contributed by atoms with Crippen molar-refractivity contribution in [2.24, 2.45) is 0 Å². The van der Waals surface area contributed by atoms with Gasteiger partial charge in [0.25, 0.3) is 0 Å². The van der Waals surface area contributed by atoms with Crippen LogP contribution in [0.1, 0.15) is 47.6 Å². The third-order valence-corrected chi connectivity index (χ3v) is 13.3. The van der Waals surface area contributed by atoms with Crippen LogP contribution in [-0.2, 0) is 5.41 Å². The van der Waals surface area contributed by atoms with E-state index in [1.54, 1.807) is 0 Å². The van der Waals surface area contributed by atoms with Gasteiger partial charge in [-0.3, -0.25) is 0 Å². The van der Waals surface area contributed by atoms with Gasteiger partial charge in [0.15, 0.2) is 0 Å². The monoisotopic (exact) mass is 751 g/mol. The Hall–Kier alpha value is -7.22. The molecule has 2 aliphatic rings. The third kappa shape index (κ3) is 5.18. The Labute approximate surface area is 345 Å². The topological polar surface area (TPSA) is 4.93 Å². The number of rotatable bonds is 5. The molecule has 0 N–H and O–H groups in total. The Kier molecular flexibility index (Phi) is 7.40. The molecule has 0 radical (unpaired) electrons. The molecular formula is C58H41N. The highest BCUT2D eigenvalue weighted by molar-refractivity contribution is 6.12. The van der Waals surface area contributed by atoms with Crippen LogP contribution in [0.4, 0.5) is 0 Å². The van der Waals surface area contributed by atoms with Crippen LogP contribution in [0.15, 0.2) is 206 Å². The maximum Gasteiger partial charge on any atom is 0.0547 e. The number of nitrogens with zero attached hydrogens (tertiary/aromatic N) is 1. The van der Waals surface area contributed by atoms with Crippen LogP contribution in [0.5, 0.6) is 0 Å². The van der Waals surface area contributed by atoms with Crippen LogP contribution in [0.3, 0.4) is 0 Å². The molecule has 1 heteroatoms. The normalized spacial score (nSPS) is 14.6. The van der Waals surface area contributed by atoms with Gasteiger partial charge in [-0.2, -0.15) is 0 Å². The molecule has 1 aromatic heterocycles. The van der Waals surface area contributed by atoms with Crippen LogP contribution < -0.4 is 0 Å². The van der Waals surface area contributed by atoms with E-state index in [1.165, 1.54) is 111 Å². The van der Waals surface area contributed by atoms with Crippen molar-refractivity contribution in [1.29, 1.82) is 0 Å². The predicted octanol–water partition coefficient (Wildman–Crippen LogP) is 15.3. The maximum absolute atomic E-state index is 2.50. The lowest BCUT2D eigenvalue weighted by Crippen LogP contribution is -2.14. The first-order chi connectivity index (χ1) is 29.0. The zero-order valence-electron chi connectivity index (χ0n) is 33.2. The second-order valence-corrected chi connectivity index (χ2v) is 16.9. The van der Waals surface area contributed by atoms with Gasteiger partial charge in [0.1, 0.15) is 0 Å². The maximum atomic E-state index is 2.50. The summed E-state index contributed by atoms with van der Waals surface area (Å²) in [4.78, 5) is 0. The van der Waals surface area contributed by atoms with Crippen LogP contribution in [0.25, 0.3) is 83.1 Å². The zero-order chi connectivity index (χ0) is 39.2. The molecule has 1 atom stereocenters. The van der Waals surface area contributed by atoms with Crippen molar-refractivity contribution in [1.82, 2.24) is 4.57 Å². The summed E-state index contributed by atoms with van der Waals surface area (Å²) in [6, 6.07) is 76.8. The zero-order valence-corrected chi connectivity index (χ0v) is 33.2. The number of benzene rings is 9. The molecule has 1 heterocycles. The van der Waals surface area contributed by atoms with E-state index >= 15 is 0 Å². The third-order valence-electron chi connectivity index (χ3n) is 13.3. The molecule has 0 aliphatic heterocycles. The van der Waals surface area contributed by atoms with Gasteiger partial charge in [-0.1, -0.05) is 178 Å². The minimum absolute atomic E-state index is 0.0893. The summed E-state index contributed by atoms with van der Waals surface area (Å²) in [5.74, 6) is 0.183. The van der Waals surface area contributed by atoms with Crippen LogP contribution in [0, 0.1) is 0 Å². The van der Waals surface area contributed by atoms with E-state index in [0.717, 1.165) is 0 Å². The molecule has 0 amide bonds. The summed E-state index contributed by atoms with van der Waals surface area (Å²) < 4.78 is 2.48. The first-order valence-electron chi connectivity index (χ1n) is 20.8. The van der Waals surface area contributed by atoms with E-state index in [-0.39, 0.29) is 11.3 Å². The van der Waals surface area contributed by atoms with Crippen molar-refractivity contribution in [2.45, 2.75) is 25.2 Å². The summed E-state index contributed by atoms with van der Waals surface area (Å²) in [5, 5.41) is 2.56. The van der Waals surface area contributed by atoms with Crippen molar-refractivity contribution < 1.29 is 0 Å². The first kappa shape index (κ1) is 33.9. The molecule has 0 saturated carbocycles. The second-order valence-electron chi connectivity index (χ2n) is 16.9. The Morgan fingerprint density at radius 3 is 1.73 bits per heavy atom. The van der Waals surface area contributed by atoms with Crippen molar-refractivity contribution in [3.05, 3.63) is 234 Å². The highest BCUT2D eigenvalue weighted by Crippen LogP contribution is 2.52. The molecule has 0 bridgehead atoms. The Morgan fingerprint density at radius 2 is 0.932 bits per heavy atom. The molecule has 0 spiro atoms. The minimum atomic E-state index is -0.0893. The molecule has 0 fully saturated rings. The molecule has 1 nitrogen and oxygen atoms in total. The standard InChI is InChI=1S/C58H41N/c1-58(2)53-23-12-11-21-46(53)50-36-56-52(35-54(50)58)51-34-42(27-31-55(51)59(56)44-28-24-39(25-29-44)37-14-5-3-6-15-37)41-26-30-48-49(33-41)45-20-9-10-22-47(45)57(48)43-19-13-18-40(32-43)38-16-7-4-8-17-38/h3-36,57H,1-2H3. The second kappa shape index (κ2) is 12.9. The molecule has 9 aromatic carbocycles. The van der Waals surface area contributed by atoms with Gasteiger partial charge in [-0.15, -0.1) is 0 Å². The fourth-order valence-corrected chi connectivity index (χ4v) is 10.4. The Balaban J connectivity index is 1.02. The fraction of sp³-hybridized carbons (Fsp3) is 0.0690. The van der Waals surface area contributed by atoms with E-state index < -0.39 is 0 Å². The molecule has 59 heavy (non-hydrogen) atoms. The lowest BCUT2D eigenvalue weighted by molar-refractivity contribution is 0.661. The van der Waals surface area contributed by atoms with Crippen LogP contribution >= 0.6 is 0 Å². The van der Waals surface area contributed by atoms with Gasteiger partial charge < -0.3 is 4.57 Å². The van der Waals surface area contributed by atoms with Gasteiger partial charge in [0.05, 0.1) is 11.0 Å². The summed E-state index contributed by atoms with van der Waals surface area (Å²) in [7, 11) is 0. The SMILES string of the molecule is CC1(C)c2ccccc2-c2cc3c(cc21)c1cc(-c2ccc4c(c2)-c2ccccc2C4c2cccc(-c4ccccc4)c2)ccc1n3-c1ccc(-c2ccccc2)cc1. The molecular weight excluding hydrogens is 711 g/mol. The Morgan fingerprint density at radius 1 is 0.356 bits per heavy atom. The molecule has 10 aromatic rings. The molecule has 0 saturated heterocycles. The summed E-state index contributed by atoms with van der Waals surface area (Å²) in [6.45, 7) is 4.76. The van der Waals surface area contributed by atoms with Gasteiger partial charge in [0.2, 0.25) is 0 Å². The molecule has 12 rings (SSSR count). The lowest BCUT2D eigenvalue weighted by atomic mass is 9.82. The largest absolute Gasteiger partial charge is 0.309 e. The quantitative estimate of drug-likeness (QED) is 0.165. The Bertz CT molecular complexity index is 3270. The van der Waals surface area contributed by atoms with E-state index in [2.05, 4.69) is 225 Å². The number of aromatic nitrogens is 1. The minimum Gasteiger partial charge on any atom is -0.309 e. The molecule has 2 aliphatic carbocycles. The average molecular weight is 752 g/mol. The van der Waals surface area contributed by atoms with Crippen LogP contribution in [-0.4, -0.2) is 4.57 Å². The lowest BCUT2D eigenvalue weighted by Gasteiger charge is -2.21. The van der Waals surface area contributed by atoms with E-state index in [9.17, 15) is 0 Å². The molecule has 1 unspecified atom stereocenters. The van der Waals surface area contributed by atoms with Gasteiger partial charge >= 0.3 is 0 Å². The van der Waals surface area contributed by atoms with Crippen molar-refractivity contribution in [2.75, 3.05) is 0 Å². The van der Waals surface area contributed by atoms with Gasteiger partial charge in [-0.05, 0) is 126 Å². The average Bonchev–Trinajstić information content (AvgIpc) is 3.88. The van der Waals surface area contributed by atoms with Crippen LogP contribution in [0.2, 0.25) is 0 Å². The van der Waals surface area contributed by atoms with Crippen molar-refractivity contribution in [3.63, 3.8) is 0 Å². The number of hydrogen-bond acceptors (Lipinski definition) is 0. The highest BCUT2D eigenvalue weighted by Gasteiger charge is 2.36. The smallest absolute Gasteiger partial charge is 0.0547 e. The highest BCUT2D eigenvalue weighted by atomic mass is 15.0. The van der Waals surface area contributed by atoms with Crippen molar-refractivity contribution in [3.8, 4) is 61.3 Å². The summed E-state index contributed by atoms with van der Waals surface area (Å²) >= 11 is 0. The predicted molar refractivity (Wildman–Crippen MR) is 247 cm³/mol. The van der Waals surface area contributed by atoms with Gasteiger partial charge in [0, 0.05) is 27.8 Å². The van der Waals surface area contributed by atoms with E-state index in [4.69, 9.17) is 0 Å². The first-order valence-corrected chi connectivity index (χ1v) is 20.8. The fourth-order valence-electron chi connectivity index (χ4n) is 10.4. The number of fused-ring (bicyclic) bond motifs is 9. The van der Waals surface area contributed by atoms with Gasteiger partial charge in [-0.25, -0.2) is 0 Å². The summed E-state index contributed by atoms with van der Waals surface area (Å²) in [5.41, 5.74) is 23.1. The van der Waals surface area contributed by atoms with Crippen molar-refractivity contribution >= 4 is 21.8 Å². The molecule has 278 valence electrons. The number of hydrogen-bond donors (Lipinski definition) is 0.